The van der Waals surface area contributed by atoms with Crippen LogP contribution in [0.15, 0.2) is 60.9 Å². The zero-order valence-corrected chi connectivity index (χ0v) is 17.8. The highest BCUT2D eigenvalue weighted by Gasteiger charge is 2.25. The molecule has 3 aromatic rings. The summed E-state index contributed by atoms with van der Waals surface area (Å²) in [6.45, 7) is 4.23. The molecule has 1 aromatic heterocycles. The molecule has 154 valence electrons. The van der Waals surface area contributed by atoms with E-state index in [4.69, 9.17) is 11.6 Å². The van der Waals surface area contributed by atoms with E-state index in [0.717, 1.165) is 48.6 Å². The van der Waals surface area contributed by atoms with Gasteiger partial charge in [-0.05, 0) is 43.5 Å². The molecular weight excluding hydrogens is 396 g/mol. The van der Waals surface area contributed by atoms with Crippen molar-refractivity contribution in [2.45, 2.75) is 26.3 Å². The number of carbonyl (C=O) groups excluding carboxylic acids is 1. The molecule has 1 amide bonds. The number of rotatable bonds is 5. The molecule has 4 rings (SSSR count). The second kappa shape index (κ2) is 9.26. The number of aromatic nitrogens is 2. The Labute approximate surface area is 182 Å². The number of benzene rings is 2. The zero-order chi connectivity index (χ0) is 20.9. The monoisotopic (exact) mass is 420 g/mol. The first-order valence-corrected chi connectivity index (χ1v) is 10.6. The van der Waals surface area contributed by atoms with Gasteiger partial charge in [-0.25, -0.2) is 9.97 Å². The van der Waals surface area contributed by atoms with Gasteiger partial charge in [0.05, 0.1) is 5.69 Å². The second-order valence-corrected chi connectivity index (χ2v) is 8.17. The van der Waals surface area contributed by atoms with Gasteiger partial charge in [-0.1, -0.05) is 47.5 Å². The maximum atomic E-state index is 12.6. The molecule has 0 saturated carbocycles. The number of hydrogen-bond acceptors (Lipinski definition) is 4. The van der Waals surface area contributed by atoms with Crippen LogP contribution in [0.4, 0.5) is 5.82 Å². The summed E-state index contributed by atoms with van der Waals surface area (Å²) in [5, 5.41) is 3.75. The van der Waals surface area contributed by atoms with Crippen LogP contribution >= 0.6 is 11.6 Å². The van der Waals surface area contributed by atoms with E-state index in [1.54, 1.807) is 6.33 Å². The fourth-order valence-corrected chi connectivity index (χ4v) is 3.91. The van der Waals surface area contributed by atoms with Gasteiger partial charge in [-0.15, -0.1) is 0 Å². The van der Waals surface area contributed by atoms with Crippen LogP contribution in [-0.2, 0) is 11.3 Å². The molecule has 0 unspecified atom stereocenters. The molecule has 0 aliphatic carbocycles. The number of halogens is 1. The molecule has 2 aromatic carbocycles. The minimum absolute atomic E-state index is 0.0339. The van der Waals surface area contributed by atoms with Crippen LogP contribution in [0, 0.1) is 12.8 Å². The first kappa shape index (κ1) is 20.4. The average molecular weight is 421 g/mol. The molecule has 0 bridgehead atoms. The summed E-state index contributed by atoms with van der Waals surface area (Å²) in [5.74, 6) is 1.07. The van der Waals surface area contributed by atoms with Crippen molar-refractivity contribution < 1.29 is 4.79 Å². The summed E-state index contributed by atoms with van der Waals surface area (Å²) in [6.07, 6.45) is 3.25. The third-order valence-electron chi connectivity index (χ3n) is 5.54. The standard InChI is InChI=1S/C24H25ClN4O/c1-17-3-2-4-20(13-17)22-14-23(28-16-27-22)29-11-9-19(10-12-29)24(30)26-15-18-5-7-21(25)8-6-18/h2-8,13-14,16,19H,9-12,15H2,1H3,(H,26,30). The highest BCUT2D eigenvalue weighted by molar-refractivity contribution is 6.30. The van der Waals surface area contributed by atoms with Gasteiger partial charge in [0, 0.05) is 42.2 Å². The van der Waals surface area contributed by atoms with E-state index in [1.807, 2.05) is 36.4 Å². The van der Waals surface area contributed by atoms with Crippen LogP contribution in [-0.4, -0.2) is 29.0 Å². The molecule has 1 aliphatic rings. The second-order valence-electron chi connectivity index (χ2n) is 7.74. The van der Waals surface area contributed by atoms with Crippen LogP contribution in [0.5, 0.6) is 0 Å². The lowest BCUT2D eigenvalue weighted by atomic mass is 9.95. The molecule has 1 saturated heterocycles. The Hall–Kier alpha value is -2.92. The number of amides is 1. The quantitative estimate of drug-likeness (QED) is 0.653. The summed E-state index contributed by atoms with van der Waals surface area (Å²) in [4.78, 5) is 23.7. The zero-order valence-electron chi connectivity index (χ0n) is 17.0. The largest absolute Gasteiger partial charge is 0.356 e. The molecule has 1 aliphatic heterocycles. The van der Waals surface area contributed by atoms with E-state index in [1.165, 1.54) is 5.56 Å². The predicted molar refractivity (Wildman–Crippen MR) is 120 cm³/mol. The van der Waals surface area contributed by atoms with Crippen LogP contribution in [0.3, 0.4) is 0 Å². The van der Waals surface area contributed by atoms with Gasteiger partial charge in [-0.2, -0.15) is 0 Å². The minimum atomic E-state index is 0.0339. The van der Waals surface area contributed by atoms with E-state index in [-0.39, 0.29) is 11.8 Å². The molecule has 0 atom stereocenters. The van der Waals surface area contributed by atoms with Crippen molar-refractivity contribution in [3.63, 3.8) is 0 Å². The Bertz CT molecular complexity index is 1010. The molecule has 2 heterocycles. The molecule has 1 N–H and O–H groups in total. The number of nitrogens with one attached hydrogen (secondary N) is 1. The lowest BCUT2D eigenvalue weighted by Crippen LogP contribution is -2.40. The number of aryl methyl sites for hydroxylation is 1. The van der Waals surface area contributed by atoms with E-state index in [9.17, 15) is 4.79 Å². The first-order valence-electron chi connectivity index (χ1n) is 10.2. The minimum Gasteiger partial charge on any atom is -0.356 e. The van der Waals surface area contributed by atoms with Gasteiger partial charge >= 0.3 is 0 Å². The van der Waals surface area contributed by atoms with Crippen molar-refractivity contribution >= 4 is 23.3 Å². The van der Waals surface area contributed by atoms with Gasteiger partial charge in [0.1, 0.15) is 12.1 Å². The third-order valence-corrected chi connectivity index (χ3v) is 5.79. The first-order chi connectivity index (χ1) is 14.6. The van der Waals surface area contributed by atoms with Gasteiger partial charge < -0.3 is 10.2 Å². The van der Waals surface area contributed by atoms with Crippen molar-refractivity contribution in [1.82, 2.24) is 15.3 Å². The van der Waals surface area contributed by atoms with Crippen molar-refractivity contribution in [3.05, 3.63) is 77.1 Å². The van der Waals surface area contributed by atoms with Crippen molar-refractivity contribution in [2.24, 2.45) is 5.92 Å². The maximum absolute atomic E-state index is 12.6. The Morgan fingerprint density at radius 2 is 1.87 bits per heavy atom. The molecule has 1 fully saturated rings. The fraction of sp³-hybridized carbons (Fsp3) is 0.292. The summed E-state index contributed by atoms with van der Waals surface area (Å²) in [6, 6.07) is 17.9. The summed E-state index contributed by atoms with van der Waals surface area (Å²) in [7, 11) is 0. The maximum Gasteiger partial charge on any atom is 0.223 e. The molecule has 30 heavy (non-hydrogen) atoms. The number of piperidine rings is 1. The SMILES string of the molecule is Cc1cccc(-c2cc(N3CCC(C(=O)NCc4ccc(Cl)cc4)CC3)ncn2)c1. The van der Waals surface area contributed by atoms with E-state index < -0.39 is 0 Å². The summed E-state index contributed by atoms with van der Waals surface area (Å²) in [5.41, 5.74) is 4.27. The topological polar surface area (TPSA) is 58.1 Å². The highest BCUT2D eigenvalue weighted by atomic mass is 35.5. The fourth-order valence-electron chi connectivity index (χ4n) is 3.79. The molecule has 0 spiro atoms. The lowest BCUT2D eigenvalue weighted by Gasteiger charge is -2.32. The van der Waals surface area contributed by atoms with Crippen LogP contribution in [0.25, 0.3) is 11.3 Å². The Morgan fingerprint density at radius 3 is 2.60 bits per heavy atom. The van der Waals surface area contributed by atoms with Crippen LogP contribution < -0.4 is 10.2 Å². The predicted octanol–water partition coefficient (Wildman–Crippen LogP) is 4.64. The molecule has 5 nitrogen and oxygen atoms in total. The third kappa shape index (κ3) is 4.97. The lowest BCUT2D eigenvalue weighted by molar-refractivity contribution is -0.125. The molecule has 0 radical (unpaired) electrons. The normalized spacial score (nSPS) is 14.5. The van der Waals surface area contributed by atoms with E-state index in [0.29, 0.717) is 11.6 Å². The number of anilines is 1. The summed E-state index contributed by atoms with van der Waals surface area (Å²) < 4.78 is 0. The van der Waals surface area contributed by atoms with Crippen LogP contribution in [0.1, 0.15) is 24.0 Å². The van der Waals surface area contributed by atoms with Crippen LogP contribution in [0.2, 0.25) is 5.02 Å². The van der Waals surface area contributed by atoms with Crippen molar-refractivity contribution in [2.75, 3.05) is 18.0 Å². The Balaban J connectivity index is 1.33. The van der Waals surface area contributed by atoms with Gasteiger partial charge in [-0.3, -0.25) is 4.79 Å². The van der Waals surface area contributed by atoms with E-state index in [2.05, 4.69) is 45.3 Å². The molecule has 6 heteroatoms. The van der Waals surface area contributed by atoms with Gasteiger partial charge in [0.25, 0.3) is 0 Å². The number of hydrogen-bond donors (Lipinski definition) is 1. The number of carbonyl (C=O) groups is 1. The average Bonchev–Trinajstić information content (AvgIpc) is 2.79. The number of nitrogens with zero attached hydrogens (tertiary/aromatic N) is 3. The highest BCUT2D eigenvalue weighted by Crippen LogP contribution is 2.25. The van der Waals surface area contributed by atoms with Gasteiger partial charge in [0.2, 0.25) is 5.91 Å². The molecular formula is C24H25ClN4O. The van der Waals surface area contributed by atoms with Crippen molar-refractivity contribution in [3.8, 4) is 11.3 Å². The van der Waals surface area contributed by atoms with Gasteiger partial charge in [0.15, 0.2) is 0 Å². The van der Waals surface area contributed by atoms with E-state index >= 15 is 0 Å². The Kier molecular flexibility index (Phi) is 6.29. The van der Waals surface area contributed by atoms with Crippen molar-refractivity contribution in [1.29, 1.82) is 0 Å². The summed E-state index contributed by atoms with van der Waals surface area (Å²) >= 11 is 5.91. The smallest absolute Gasteiger partial charge is 0.223 e. The Morgan fingerprint density at radius 1 is 1.10 bits per heavy atom.